The first-order chi connectivity index (χ1) is 24.2. The van der Waals surface area contributed by atoms with E-state index in [1.807, 2.05) is 18.2 Å². The van der Waals surface area contributed by atoms with E-state index < -0.39 is 36.0 Å². The van der Waals surface area contributed by atoms with Crippen LogP contribution in [0.5, 0.6) is 0 Å². The number of esters is 3. The van der Waals surface area contributed by atoms with Crippen LogP contribution in [0.2, 0.25) is 0 Å². The normalized spacial score (nSPS) is 18.4. The summed E-state index contributed by atoms with van der Waals surface area (Å²) < 4.78 is 22.7. The summed E-state index contributed by atoms with van der Waals surface area (Å²) in [6.07, 6.45) is 23.0. The average Bonchev–Trinajstić information content (AvgIpc) is 3.13. The monoisotopic (exact) mass is 694 g/mol. The fourth-order valence-corrected chi connectivity index (χ4v) is 5.73. The molecular formula is C42H62O8. The van der Waals surface area contributed by atoms with E-state index in [-0.39, 0.29) is 31.6 Å². The first-order valence-corrected chi connectivity index (χ1v) is 18.7. The number of carbonyl (C=O) groups excluding carboxylic acids is 3. The predicted octanol–water partition coefficient (Wildman–Crippen LogP) is 8.98. The Morgan fingerprint density at radius 1 is 0.760 bits per heavy atom. The van der Waals surface area contributed by atoms with Crippen molar-refractivity contribution >= 4 is 17.9 Å². The number of aliphatic hydroxyl groups is 1. The second kappa shape index (κ2) is 25.5. The van der Waals surface area contributed by atoms with E-state index in [4.69, 9.17) is 18.9 Å². The Kier molecular flexibility index (Phi) is 21.7. The van der Waals surface area contributed by atoms with E-state index in [2.05, 4.69) is 33.6 Å². The molecular weight excluding hydrogens is 632 g/mol. The highest BCUT2D eigenvalue weighted by molar-refractivity contribution is 5.94. The zero-order valence-electron chi connectivity index (χ0n) is 30.7. The van der Waals surface area contributed by atoms with Crippen LogP contribution in [-0.4, -0.2) is 55.7 Å². The second-order valence-corrected chi connectivity index (χ2v) is 13.3. The number of rotatable bonds is 27. The maximum Gasteiger partial charge on any atom is 0.337 e. The van der Waals surface area contributed by atoms with E-state index in [0.29, 0.717) is 42.3 Å². The molecule has 2 unspecified atom stereocenters. The van der Waals surface area contributed by atoms with Crippen LogP contribution in [-0.2, 0) is 33.3 Å². The van der Waals surface area contributed by atoms with Gasteiger partial charge in [0.05, 0.1) is 43.8 Å². The third-order valence-corrected chi connectivity index (χ3v) is 9.05. The van der Waals surface area contributed by atoms with Crippen molar-refractivity contribution in [3.8, 4) is 0 Å². The van der Waals surface area contributed by atoms with Crippen LogP contribution in [0.3, 0.4) is 0 Å². The number of allylic oxidation sites excluding steroid dienone is 6. The maximum absolute atomic E-state index is 13.4. The third kappa shape index (κ3) is 16.5. The molecule has 0 spiro atoms. The van der Waals surface area contributed by atoms with Gasteiger partial charge >= 0.3 is 17.9 Å². The Bertz CT molecular complexity index is 1220. The molecule has 0 radical (unpaired) electrons. The minimum atomic E-state index is -1.22. The van der Waals surface area contributed by atoms with Gasteiger partial charge in [0, 0.05) is 0 Å². The molecule has 2 aliphatic rings. The van der Waals surface area contributed by atoms with Crippen molar-refractivity contribution in [3.63, 3.8) is 0 Å². The molecule has 4 atom stereocenters. The molecule has 8 nitrogen and oxygen atoms in total. The van der Waals surface area contributed by atoms with E-state index in [0.717, 1.165) is 77.0 Å². The van der Waals surface area contributed by atoms with E-state index in [9.17, 15) is 19.5 Å². The molecule has 0 heterocycles. The zero-order valence-corrected chi connectivity index (χ0v) is 30.7. The summed E-state index contributed by atoms with van der Waals surface area (Å²) in [7, 11) is 0. The molecule has 0 aromatic heterocycles. The molecule has 0 amide bonds. The second-order valence-electron chi connectivity index (χ2n) is 13.3. The summed E-state index contributed by atoms with van der Waals surface area (Å²) >= 11 is 0. The Labute approximate surface area is 301 Å². The van der Waals surface area contributed by atoms with Gasteiger partial charge in [-0.05, 0) is 112 Å². The molecule has 1 N–H and O–H groups in total. The third-order valence-electron chi connectivity index (χ3n) is 9.05. The number of aliphatic hydroxyl groups excluding tert-OH is 1. The van der Waals surface area contributed by atoms with Crippen LogP contribution in [0, 0.1) is 17.8 Å². The summed E-state index contributed by atoms with van der Waals surface area (Å²) in [5, 5.41) is 11.1. The molecule has 50 heavy (non-hydrogen) atoms. The van der Waals surface area contributed by atoms with Crippen molar-refractivity contribution in [1.82, 2.24) is 0 Å². The van der Waals surface area contributed by atoms with Gasteiger partial charge in [0.25, 0.3) is 0 Å². The van der Waals surface area contributed by atoms with E-state index in [1.54, 1.807) is 24.3 Å². The van der Waals surface area contributed by atoms with Crippen molar-refractivity contribution < 1.29 is 38.4 Å². The number of hydrogen-bond acceptors (Lipinski definition) is 8. The predicted molar refractivity (Wildman–Crippen MR) is 199 cm³/mol. The largest absolute Gasteiger partial charge is 0.465 e. The quantitative estimate of drug-likeness (QED) is 0.0299. The van der Waals surface area contributed by atoms with Gasteiger partial charge in [-0.3, -0.25) is 9.59 Å². The van der Waals surface area contributed by atoms with Crippen LogP contribution in [0.25, 0.3) is 0 Å². The molecule has 0 bridgehead atoms. The molecule has 0 aliphatic heterocycles. The molecule has 2 aliphatic carbocycles. The van der Waals surface area contributed by atoms with Crippen LogP contribution in [0.4, 0.5) is 0 Å². The van der Waals surface area contributed by atoms with Gasteiger partial charge in [-0.1, -0.05) is 63.1 Å². The van der Waals surface area contributed by atoms with Crippen molar-refractivity contribution in [1.29, 1.82) is 0 Å². The Morgan fingerprint density at radius 3 is 1.88 bits per heavy atom. The average molecular weight is 695 g/mol. The molecule has 2 rings (SSSR count). The lowest BCUT2D eigenvalue weighted by Gasteiger charge is -2.27. The molecule has 0 aromatic carbocycles. The van der Waals surface area contributed by atoms with E-state index in [1.165, 1.54) is 0 Å². The number of ether oxygens (including phenoxy) is 4. The molecule has 0 saturated carbocycles. The number of unbranched alkanes of at least 4 members (excludes halogenated alkanes) is 7. The van der Waals surface area contributed by atoms with Crippen molar-refractivity contribution in [2.45, 2.75) is 116 Å². The molecule has 278 valence electrons. The van der Waals surface area contributed by atoms with Crippen LogP contribution in [0.15, 0.2) is 84.6 Å². The summed E-state index contributed by atoms with van der Waals surface area (Å²) in [6, 6.07) is 0. The molecule has 0 aromatic rings. The van der Waals surface area contributed by atoms with Crippen LogP contribution < -0.4 is 0 Å². The van der Waals surface area contributed by atoms with Gasteiger partial charge in [-0.15, -0.1) is 19.7 Å². The van der Waals surface area contributed by atoms with Crippen LogP contribution in [0.1, 0.15) is 110 Å². The van der Waals surface area contributed by atoms with Gasteiger partial charge in [-0.25, -0.2) is 4.79 Å². The minimum Gasteiger partial charge on any atom is -0.465 e. The highest BCUT2D eigenvalue weighted by Gasteiger charge is 2.32. The van der Waals surface area contributed by atoms with Gasteiger partial charge in [0.1, 0.15) is 0 Å². The lowest BCUT2D eigenvalue weighted by atomic mass is 9.81. The zero-order chi connectivity index (χ0) is 36.6. The van der Waals surface area contributed by atoms with Gasteiger partial charge in [-0.2, -0.15) is 0 Å². The summed E-state index contributed by atoms with van der Waals surface area (Å²) in [5.74, 6) is -2.09. The summed E-state index contributed by atoms with van der Waals surface area (Å²) in [5.41, 5.74) is 2.09. The Balaban J connectivity index is 2.32. The molecule has 0 saturated heterocycles. The SMILES string of the molecule is C=CCCCCOC(=O)C1=C[C@H](C(=O)OCCCC[C@@H](C)CC)CC(C2=CC(C(=O)OCCCCC=C)CC(C(O)OCCCCC=C)=C2)=C1. The molecule has 0 fully saturated rings. The maximum atomic E-state index is 13.4. The number of carbonyl (C=O) groups is 3. The highest BCUT2D eigenvalue weighted by Crippen LogP contribution is 2.36. The van der Waals surface area contributed by atoms with E-state index >= 15 is 0 Å². The standard InChI is InChI=1S/C42H62O8/c1-6-10-13-17-22-47-39(43)35-26-33(27-36(30-35)40(44)48-23-18-14-11-7-2)34-28-37(41(45)49-24-19-15-12-8-3)31-38(29-34)42(46)50-25-20-16-21-32(5)9-4/h6-8,26-28,31-32,35,38,40,44H,1-3,9-25,29-30H2,4-5H3/t32-,35?,38+,40?/m0/s1. The number of hydrogen-bond donors (Lipinski definition) is 1. The topological polar surface area (TPSA) is 108 Å². The molecule has 8 heteroatoms. The fourth-order valence-electron chi connectivity index (χ4n) is 5.73. The van der Waals surface area contributed by atoms with Crippen molar-refractivity contribution in [2.24, 2.45) is 17.8 Å². The lowest BCUT2D eigenvalue weighted by molar-refractivity contribution is -0.148. The van der Waals surface area contributed by atoms with Crippen molar-refractivity contribution in [3.05, 3.63) is 84.6 Å². The smallest absolute Gasteiger partial charge is 0.337 e. The minimum absolute atomic E-state index is 0.230. The van der Waals surface area contributed by atoms with Gasteiger partial charge in [0.15, 0.2) is 6.29 Å². The summed E-state index contributed by atoms with van der Waals surface area (Å²) in [4.78, 5) is 39.9. The summed E-state index contributed by atoms with van der Waals surface area (Å²) in [6.45, 7) is 16.8. The van der Waals surface area contributed by atoms with Gasteiger partial charge in [0.2, 0.25) is 0 Å². The Hall–Kier alpha value is -3.49. The first kappa shape index (κ1) is 42.7. The highest BCUT2D eigenvalue weighted by atomic mass is 16.6. The fraction of sp³-hybridized carbons (Fsp3) is 0.595. The first-order valence-electron chi connectivity index (χ1n) is 18.7. The lowest BCUT2D eigenvalue weighted by Crippen LogP contribution is -2.26. The van der Waals surface area contributed by atoms with Crippen LogP contribution >= 0.6 is 0 Å². The Morgan fingerprint density at radius 2 is 1.30 bits per heavy atom. The van der Waals surface area contributed by atoms with Gasteiger partial charge < -0.3 is 24.1 Å². The van der Waals surface area contributed by atoms with Crippen molar-refractivity contribution in [2.75, 3.05) is 26.4 Å².